The van der Waals surface area contributed by atoms with Gasteiger partial charge in [0.2, 0.25) is 0 Å². The lowest BCUT2D eigenvalue weighted by Crippen LogP contribution is -2.34. The van der Waals surface area contributed by atoms with Gasteiger partial charge in [-0.05, 0) is 25.9 Å². The molecule has 0 radical (unpaired) electrons. The largest absolute Gasteiger partial charge is 0.383 e. The lowest BCUT2D eigenvalue weighted by molar-refractivity contribution is 0.254. The summed E-state index contributed by atoms with van der Waals surface area (Å²) in [5.74, 6) is 1.46. The Kier molecular flexibility index (Phi) is 5.54. The van der Waals surface area contributed by atoms with E-state index < -0.39 is 0 Å². The minimum absolute atomic E-state index is 0.173. The van der Waals surface area contributed by atoms with Gasteiger partial charge in [0.25, 0.3) is 0 Å². The maximum absolute atomic E-state index is 5.93. The van der Waals surface area contributed by atoms with Crippen molar-refractivity contribution in [2.24, 2.45) is 5.41 Å². The average Bonchev–Trinajstić information content (AvgIpc) is 2.28. The van der Waals surface area contributed by atoms with Crippen molar-refractivity contribution in [3.63, 3.8) is 0 Å². The Labute approximate surface area is 116 Å². The van der Waals surface area contributed by atoms with Crippen LogP contribution in [-0.4, -0.2) is 42.1 Å². The number of hydrogen-bond donors (Lipinski definition) is 2. The molecule has 0 saturated carbocycles. The van der Waals surface area contributed by atoms with Crippen LogP contribution in [0, 0.1) is 5.41 Å². The molecule has 0 amide bonds. The summed E-state index contributed by atoms with van der Waals surface area (Å²) >= 11 is 0. The van der Waals surface area contributed by atoms with Gasteiger partial charge in [0.1, 0.15) is 18.0 Å². The summed E-state index contributed by atoms with van der Waals surface area (Å²) in [5, 5.41) is 3.43. The molecule has 0 fully saturated rings. The molecule has 1 aromatic rings. The van der Waals surface area contributed by atoms with Crippen LogP contribution in [0.1, 0.15) is 32.8 Å². The molecule has 1 rings (SSSR count). The van der Waals surface area contributed by atoms with E-state index in [0.717, 1.165) is 37.3 Å². The number of nitrogen functional groups attached to an aromatic ring is 1. The Bertz CT molecular complexity index is 401. The van der Waals surface area contributed by atoms with Gasteiger partial charge in [-0.25, -0.2) is 9.97 Å². The number of aromatic nitrogens is 2. The van der Waals surface area contributed by atoms with Crippen LogP contribution in [-0.2, 0) is 6.42 Å². The highest BCUT2D eigenvalue weighted by molar-refractivity contribution is 5.55. The molecule has 0 aliphatic heterocycles. The number of nitrogens with two attached hydrogens (primary N) is 1. The van der Waals surface area contributed by atoms with Gasteiger partial charge in [0.05, 0.1) is 0 Å². The van der Waals surface area contributed by atoms with E-state index in [-0.39, 0.29) is 5.41 Å². The zero-order chi connectivity index (χ0) is 14.5. The van der Waals surface area contributed by atoms with Crippen LogP contribution in [0.5, 0.6) is 0 Å². The van der Waals surface area contributed by atoms with Crippen molar-refractivity contribution < 1.29 is 0 Å². The SMILES string of the molecule is CCCc1c(N)ncnc1NCC(C)(C)CN(C)C. The van der Waals surface area contributed by atoms with Crippen LogP contribution in [0.3, 0.4) is 0 Å². The van der Waals surface area contributed by atoms with Crippen LogP contribution < -0.4 is 11.1 Å². The third-order valence-electron chi connectivity index (χ3n) is 2.96. The van der Waals surface area contributed by atoms with E-state index in [1.807, 2.05) is 0 Å². The second-order valence-electron chi connectivity index (χ2n) is 6.09. The second-order valence-corrected chi connectivity index (χ2v) is 6.09. The summed E-state index contributed by atoms with van der Waals surface area (Å²) in [6, 6.07) is 0. The molecule has 5 nitrogen and oxygen atoms in total. The molecule has 0 saturated heterocycles. The van der Waals surface area contributed by atoms with Crippen LogP contribution >= 0.6 is 0 Å². The standard InChI is InChI=1S/C14H27N5/c1-6-7-11-12(15)17-10-18-13(11)16-8-14(2,3)9-19(4)5/h10H,6-9H2,1-5H3,(H3,15,16,17,18). The summed E-state index contributed by atoms with van der Waals surface area (Å²) in [4.78, 5) is 10.6. The van der Waals surface area contributed by atoms with E-state index >= 15 is 0 Å². The quantitative estimate of drug-likeness (QED) is 0.789. The van der Waals surface area contributed by atoms with Gasteiger partial charge in [-0.3, -0.25) is 0 Å². The predicted octanol–water partition coefficient (Wildman–Crippen LogP) is 2.01. The molecule has 0 aliphatic rings. The van der Waals surface area contributed by atoms with E-state index in [1.54, 1.807) is 0 Å². The van der Waals surface area contributed by atoms with E-state index in [1.165, 1.54) is 6.33 Å². The first-order valence-corrected chi connectivity index (χ1v) is 6.83. The molecule has 0 spiro atoms. The molecule has 3 N–H and O–H groups in total. The number of rotatable bonds is 7. The molecule has 1 aromatic heterocycles. The fourth-order valence-corrected chi connectivity index (χ4v) is 2.31. The average molecular weight is 265 g/mol. The fourth-order valence-electron chi connectivity index (χ4n) is 2.31. The van der Waals surface area contributed by atoms with Crippen molar-refractivity contribution >= 4 is 11.6 Å². The van der Waals surface area contributed by atoms with E-state index in [9.17, 15) is 0 Å². The summed E-state index contributed by atoms with van der Waals surface area (Å²) in [7, 11) is 4.18. The smallest absolute Gasteiger partial charge is 0.134 e. The van der Waals surface area contributed by atoms with Gasteiger partial charge < -0.3 is 16.0 Å². The Hall–Kier alpha value is -1.36. The normalized spacial score (nSPS) is 11.9. The van der Waals surface area contributed by atoms with E-state index in [0.29, 0.717) is 5.82 Å². The lowest BCUT2D eigenvalue weighted by Gasteiger charge is -2.29. The summed E-state index contributed by atoms with van der Waals surface area (Å²) in [6.07, 6.45) is 3.46. The molecule has 5 heteroatoms. The highest BCUT2D eigenvalue weighted by Crippen LogP contribution is 2.22. The van der Waals surface area contributed by atoms with Crippen molar-refractivity contribution in [3.8, 4) is 0 Å². The van der Waals surface area contributed by atoms with Crippen LogP contribution in [0.15, 0.2) is 6.33 Å². The molecule has 0 unspecified atom stereocenters. The van der Waals surface area contributed by atoms with Crippen molar-refractivity contribution in [1.29, 1.82) is 0 Å². The first-order valence-electron chi connectivity index (χ1n) is 6.83. The maximum Gasteiger partial charge on any atom is 0.134 e. The summed E-state index contributed by atoms with van der Waals surface area (Å²) in [5.41, 5.74) is 7.13. The van der Waals surface area contributed by atoms with E-state index in [2.05, 4.69) is 55.1 Å². The van der Waals surface area contributed by atoms with Gasteiger partial charge in [0, 0.05) is 18.7 Å². The Morgan fingerprint density at radius 1 is 1.32 bits per heavy atom. The molecule has 0 bridgehead atoms. The third kappa shape index (κ3) is 5.03. The molecule has 0 aliphatic carbocycles. The molecule has 108 valence electrons. The maximum atomic E-state index is 5.93. The van der Waals surface area contributed by atoms with Crippen LogP contribution in [0.25, 0.3) is 0 Å². The zero-order valence-corrected chi connectivity index (χ0v) is 12.8. The third-order valence-corrected chi connectivity index (χ3v) is 2.96. The monoisotopic (exact) mass is 265 g/mol. The molecule has 1 heterocycles. The number of hydrogen-bond acceptors (Lipinski definition) is 5. The predicted molar refractivity (Wildman–Crippen MR) is 81.3 cm³/mol. The van der Waals surface area contributed by atoms with Crippen molar-refractivity contribution in [3.05, 3.63) is 11.9 Å². The van der Waals surface area contributed by atoms with Gasteiger partial charge >= 0.3 is 0 Å². The van der Waals surface area contributed by atoms with Crippen molar-refractivity contribution in [2.75, 3.05) is 38.2 Å². The topological polar surface area (TPSA) is 67.1 Å². The highest BCUT2D eigenvalue weighted by atomic mass is 15.1. The molecular formula is C14H27N5. The fraction of sp³-hybridized carbons (Fsp3) is 0.714. The van der Waals surface area contributed by atoms with E-state index in [4.69, 9.17) is 5.73 Å². The number of nitrogens with one attached hydrogen (secondary N) is 1. The molecule has 0 atom stereocenters. The first kappa shape index (κ1) is 15.7. The zero-order valence-electron chi connectivity index (χ0n) is 12.8. The summed E-state index contributed by atoms with van der Waals surface area (Å²) < 4.78 is 0. The van der Waals surface area contributed by atoms with Crippen LogP contribution in [0.2, 0.25) is 0 Å². The van der Waals surface area contributed by atoms with Crippen LogP contribution in [0.4, 0.5) is 11.6 Å². The van der Waals surface area contributed by atoms with Gasteiger partial charge in [-0.2, -0.15) is 0 Å². The molecule has 0 aromatic carbocycles. The Morgan fingerprint density at radius 3 is 2.58 bits per heavy atom. The lowest BCUT2D eigenvalue weighted by atomic mass is 9.93. The first-order chi connectivity index (χ1) is 8.85. The Balaban J connectivity index is 2.74. The van der Waals surface area contributed by atoms with Crippen molar-refractivity contribution in [2.45, 2.75) is 33.6 Å². The number of nitrogens with zero attached hydrogens (tertiary/aromatic N) is 3. The minimum Gasteiger partial charge on any atom is -0.383 e. The number of anilines is 2. The Morgan fingerprint density at radius 2 is 2.00 bits per heavy atom. The molecule has 19 heavy (non-hydrogen) atoms. The molecular weight excluding hydrogens is 238 g/mol. The van der Waals surface area contributed by atoms with Gasteiger partial charge in [0.15, 0.2) is 0 Å². The second kappa shape index (κ2) is 6.70. The van der Waals surface area contributed by atoms with Gasteiger partial charge in [-0.1, -0.05) is 27.2 Å². The minimum atomic E-state index is 0.173. The highest BCUT2D eigenvalue weighted by Gasteiger charge is 2.19. The van der Waals surface area contributed by atoms with Crippen molar-refractivity contribution in [1.82, 2.24) is 14.9 Å². The summed E-state index contributed by atoms with van der Waals surface area (Å²) in [6.45, 7) is 8.49. The van der Waals surface area contributed by atoms with Gasteiger partial charge in [-0.15, -0.1) is 0 Å².